The van der Waals surface area contributed by atoms with E-state index in [1.807, 2.05) is 0 Å². The van der Waals surface area contributed by atoms with Crippen LogP contribution in [0, 0.1) is 0 Å². The first-order valence-electron chi connectivity index (χ1n) is 8.43. The highest BCUT2D eigenvalue weighted by atomic mass is 32.2. The van der Waals surface area contributed by atoms with Crippen LogP contribution in [0.4, 0.5) is 18.0 Å². The molecule has 0 aromatic carbocycles. The summed E-state index contributed by atoms with van der Waals surface area (Å²) in [5.41, 5.74) is -1.65. The summed E-state index contributed by atoms with van der Waals surface area (Å²) < 4.78 is 47.3. The lowest BCUT2D eigenvalue weighted by Crippen LogP contribution is -2.37. The second-order valence-corrected chi connectivity index (χ2v) is 9.35. The van der Waals surface area contributed by atoms with E-state index < -0.39 is 35.3 Å². The van der Waals surface area contributed by atoms with Gasteiger partial charge in [-0.3, -0.25) is 9.36 Å². The molecule has 0 radical (unpaired) electrons. The minimum atomic E-state index is -4.81. The SMILES string of the molecule is CSc1nc2c(=O)n([C@@H]3CCN(C(=O)OC(C)(C)C)C3)c(C(F)(F)F)nc2s1. The maximum atomic E-state index is 13.6. The number of carbonyl (C=O) groups excluding carboxylic acids is 1. The van der Waals surface area contributed by atoms with Crippen molar-refractivity contribution in [1.82, 2.24) is 19.4 Å². The number of ether oxygens (including phenoxy) is 1. The van der Waals surface area contributed by atoms with E-state index in [2.05, 4.69) is 9.97 Å². The monoisotopic (exact) mass is 436 g/mol. The number of aromatic nitrogens is 3. The van der Waals surface area contributed by atoms with Gasteiger partial charge in [0, 0.05) is 13.1 Å². The number of thiazole rings is 1. The van der Waals surface area contributed by atoms with Gasteiger partial charge in [0.25, 0.3) is 5.56 Å². The van der Waals surface area contributed by atoms with E-state index in [1.54, 1.807) is 27.0 Å². The summed E-state index contributed by atoms with van der Waals surface area (Å²) in [5.74, 6) is -1.27. The highest BCUT2D eigenvalue weighted by molar-refractivity contribution is 8.00. The molecule has 0 N–H and O–H groups in total. The van der Waals surface area contributed by atoms with Gasteiger partial charge in [-0.2, -0.15) is 13.2 Å². The fraction of sp³-hybridized carbons (Fsp3) is 0.625. The molecule has 3 rings (SSSR count). The van der Waals surface area contributed by atoms with Crippen molar-refractivity contribution >= 4 is 39.5 Å². The number of halogens is 3. The summed E-state index contributed by atoms with van der Waals surface area (Å²) in [6, 6.07) is -0.854. The molecule has 2 aromatic rings. The lowest BCUT2D eigenvalue weighted by molar-refractivity contribution is -0.148. The van der Waals surface area contributed by atoms with Gasteiger partial charge < -0.3 is 9.64 Å². The molecule has 2 aromatic heterocycles. The van der Waals surface area contributed by atoms with Crippen LogP contribution in [-0.4, -0.2) is 50.5 Å². The van der Waals surface area contributed by atoms with Crippen LogP contribution in [0.25, 0.3) is 10.3 Å². The summed E-state index contributed by atoms with van der Waals surface area (Å²) in [6.07, 6.45) is -3.52. The van der Waals surface area contributed by atoms with Crippen molar-refractivity contribution in [3.8, 4) is 0 Å². The third-order valence-electron chi connectivity index (χ3n) is 4.06. The number of hydrogen-bond acceptors (Lipinski definition) is 7. The molecular weight excluding hydrogens is 417 g/mol. The number of nitrogens with zero attached hydrogens (tertiary/aromatic N) is 4. The van der Waals surface area contributed by atoms with Gasteiger partial charge in [0.2, 0.25) is 5.82 Å². The first-order valence-corrected chi connectivity index (χ1v) is 10.5. The predicted octanol–water partition coefficient (Wildman–Crippen LogP) is 3.78. The van der Waals surface area contributed by atoms with Gasteiger partial charge in [0.15, 0.2) is 14.7 Å². The zero-order valence-electron chi connectivity index (χ0n) is 15.7. The topological polar surface area (TPSA) is 77.3 Å². The molecule has 7 nitrogen and oxygen atoms in total. The van der Waals surface area contributed by atoms with E-state index in [0.717, 1.165) is 11.3 Å². The van der Waals surface area contributed by atoms with Gasteiger partial charge in [-0.1, -0.05) is 23.1 Å². The quantitative estimate of drug-likeness (QED) is 0.667. The van der Waals surface area contributed by atoms with Crippen LogP contribution in [0.5, 0.6) is 0 Å². The average Bonchev–Trinajstić information content (AvgIpc) is 3.18. The fourth-order valence-electron chi connectivity index (χ4n) is 2.94. The first-order chi connectivity index (χ1) is 12.9. The lowest BCUT2D eigenvalue weighted by Gasteiger charge is -2.25. The van der Waals surface area contributed by atoms with Crippen LogP contribution in [0.1, 0.15) is 39.1 Å². The Morgan fingerprint density at radius 3 is 2.54 bits per heavy atom. The van der Waals surface area contributed by atoms with Crippen LogP contribution < -0.4 is 5.56 Å². The van der Waals surface area contributed by atoms with E-state index in [0.29, 0.717) is 8.91 Å². The zero-order chi connectivity index (χ0) is 20.9. The fourth-order valence-corrected chi connectivity index (χ4v) is 4.36. The van der Waals surface area contributed by atoms with E-state index in [4.69, 9.17) is 4.74 Å². The lowest BCUT2D eigenvalue weighted by atomic mass is 10.2. The molecule has 154 valence electrons. The molecule has 1 aliphatic rings. The molecule has 28 heavy (non-hydrogen) atoms. The number of fused-ring (bicyclic) bond motifs is 1. The summed E-state index contributed by atoms with van der Waals surface area (Å²) in [6.45, 7) is 5.23. The van der Waals surface area contributed by atoms with E-state index in [-0.39, 0.29) is 29.9 Å². The largest absolute Gasteiger partial charge is 0.449 e. The number of carbonyl (C=O) groups is 1. The van der Waals surface area contributed by atoms with Gasteiger partial charge in [0.1, 0.15) is 5.60 Å². The van der Waals surface area contributed by atoms with Crippen molar-refractivity contribution in [1.29, 1.82) is 0 Å². The average molecular weight is 436 g/mol. The summed E-state index contributed by atoms with van der Waals surface area (Å²) in [5, 5.41) is 0. The van der Waals surface area contributed by atoms with Crippen molar-refractivity contribution in [2.24, 2.45) is 0 Å². The standard InChI is InChI=1S/C16H19F3N4O3S2/c1-15(2,3)26-14(25)22-6-5-8(7-22)23-11(24)9-10(28-13(20-9)27-4)21-12(23)16(17,18)19/h8H,5-7H2,1-4H3/t8-/m1/s1. The van der Waals surface area contributed by atoms with Crippen molar-refractivity contribution in [2.45, 2.75) is 49.4 Å². The molecule has 12 heteroatoms. The maximum Gasteiger partial charge on any atom is 0.449 e. The van der Waals surface area contributed by atoms with Gasteiger partial charge >= 0.3 is 12.3 Å². The number of rotatable bonds is 2. The molecule has 0 bridgehead atoms. The van der Waals surface area contributed by atoms with Crippen LogP contribution >= 0.6 is 23.1 Å². The van der Waals surface area contributed by atoms with Gasteiger partial charge in [-0.05, 0) is 33.4 Å². The molecule has 0 aliphatic carbocycles. The smallest absolute Gasteiger partial charge is 0.444 e. The van der Waals surface area contributed by atoms with Gasteiger partial charge in [-0.25, -0.2) is 14.8 Å². The molecule has 0 spiro atoms. The highest BCUT2D eigenvalue weighted by Gasteiger charge is 2.42. The Hall–Kier alpha value is -1.82. The van der Waals surface area contributed by atoms with Crippen molar-refractivity contribution in [2.75, 3.05) is 19.3 Å². The van der Waals surface area contributed by atoms with E-state index in [1.165, 1.54) is 16.7 Å². The molecule has 1 fully saturated rings. The Labute approximate surface area is 166 Å². The van der Waals surface area contributed by atoms with Crippen molar-refractivity contribution < 1.29 is 22.7 Å². The van der Waals surface area contributed by atoms with E-state index in [9.17, 15) is 22.8 Å². The Morgan fingerprint density at radius 2 is 1.96 bits per heavy atom. The van der Waals surface area contributed by atoms with Crippen molar-refractivity contribution in [3.63, 3.8) is 0 Å². The Bertz CT molecular complexity index is 965. The van der Waals surface area contributed by atoms with Gasteiger partial charge in [-0.15, -0.1) is 0 Å². The van der Waals surface area contributed by atoms with Crippen molar-refractivity contribution in [3.05, 3.63) is 16.2 Å². The van der Waals surface area contributed by atoms with Crippen LogP contribution in [-0.2, 0) is 10.9 Å². The Balaban J connectivity index is 2.01. The third-order valence-corrected chi connectivity index (χ3v) is 5.99. The minimum absolute atomic E-state index is 0.0417. The number of hydrogen-bond donors (Lipinski definition) is 0. The Kier molecular flexibility index (Phi) is 5.38. The Morgan fingerprint density at radius 1 is 1.29 bits per heavy atom. The molecule has 1 aliphatic heterocycles. The molecule has 0 saturated carbocycles. The normalized spacial score (nSPS) is 18.1. The number of amides is 1. The molecule has 3 heterocycles. The molecule has 1 amide bonds. The summed E-state index contributed by atoms with van der Waals surface area (Å²) >= 11 is 2.18. The molecule has 1 saturated heterocycles. The highest BCUT2D eigenvalue weighted by Crippen LogP contribution is 2.34. The van der Waals surface area contributed by atoms with Crippen LogP contribution in [0.3, 0.4) is 0 Å². The van der Waals surface area contributed by atoms with Crippen LogP contribution in [0.15, 0.2) is 9.13 Å². The number of thioether (sulfide) groups is 1. The molecular formula is C16H19F3N4O3S2. The first kappa shape index (κ1) is 20.9. The summed E-state index contributed by atoms with van der Waals surface area (Å²) in [4.78, 5) is 34.1. The predicted molar refractivity (Wildman–Crippen MR) is 99.9 cm³/mol. The van der Waals surface area contributed by atoms with Gasteiger partial charge in [0.05, 0.1) is 6.04 Å². The molecule has 0 unspecified atom stereocenters. The molecule has 1 atom stereocenters. The van der Waals surface area contributed by atoms with Crippen LogP contribution in [0.2, 0.25) is 0 Å². The second-order valence-electron chi connectivity index (χ2n) is 7.31. The number of alkyl halides is 3. The zero-order valence-corrected chi connectivity index (χ0v) is 17.3. The summed E-state index contributed by atoms with van der Waals surface area (Å²) in [7, 11) is 0. The maximum absolute atomic E-state index is 13.6. The third kappa shape index (κ3) is 4.12. The minimum Gasteiger partial charge on any atom is -0.444 e. The number of likely N-dealkylation sites (tertiary alicyclic amines) is 1. The van der Waals surface area contributed by atoms with E-state index >= 15 is 0 Å². The second kappa shape index (κ2) is 7.21.